The minimum Gasteiger partial charge on any atom is -0.454 e. The minimum absolute atomic E-state index is 0.0385. The fraction of sp³-hybridized carbons (Fsp3) is 0.440. The Morgan fingerprint density at radius 3 is 2.42 bits per heavy atom. The molecule has 9 nitrogen and oxygen atoms in total. The van der Waals surface area contributed by atoms with Gasteiger partial charge in [0.15, 0.2) is 11.5 Å². The molecule has 0 spiro atoms. The van der Waals surface area contributed by atoms with Gasteiger partial charge in [-0.25, -0.2) is 8.42 Å². The second kappa shape index (κ2) is 12.3. The van der Waals surface area contributed by atoms with Crippen LogP contribution in [0.1, 0.15) is 38.7 Å². The molecule has 0 fully saturated rings. The smallest absolute Gasteiger partial charge is 0.244 e. The first kappa shape index (κ1) is 27.6. The number of carbonyl (C=O) groups is 2. The number of sulfonamides is 1. The molecule has 0 bridgehead atoms. The number of halogens is 1. The van der Waals surface area contributed by atoms with Gasteiger partial charge >= 0.3 is 0 Å². The molecule has 1 heterocycles. The zero-order chi connectivity index (χ0) is 26.3. The van der Waals surface area contributed by atoms with Crippen LogP contribution in [0.2, 0.25) is 5.02 Å². The molecule has 1 atom stereocenters. The van der Waals surface area contributed by atoms with Crippen LogP contribution in [0.5, 0.6) is 11.5 Å². The molecule has 0 saturated carbocycles. The maximum Gasteiger partial charge on any atom is 0.244 e. The highest BCUT2D eigenvalue weighted by molar-refractivity contribution is 7.92. The number of hydrogen-bond acceptors (Lipinski definition) is 6. The van der Waals surface area contributed by atoms with Crippen LogP contribution in [0.3, 0.4) is 0 Å². The van der Waals surface area contributed by atoms with Crippen LogP contribution in [-0.4, -0.2) is 57.3 Å². The summed E-state index contributed by atoms with van der Waals surface area (Å²) in [6.07, 6.45) is 3.13. The van der Waals surface area contributed by atoms with Crippen molar-refractivity contribution < 1.29 is 27.5 Å². The van der Waals surface area contributed by atoms with Crippen molar-refractivity contribution in [2.75, 3.05) is 30.4 Å². The van der Waals surface area contributed by atoms with Gasteiger partial charge in [0, 0.05) is 24.2 Å². The van der Waals surface area contributed by atoms with Crippen molar-refractivity contribution in [2.45, 2.75) is 45.7 Å². The number of hydrogen-bond donors (Lipinski definition) is 1. The van der Waals surface area contributed by atoms with Gasteiger partial charge in [-0.15, -0.1) is 0 Å². The molecule has 36 heavy (non-hydrogen) atoms. The number of fused-ring (bicyclic) bond motifs is 1. The summed E-state index contributed by atoms with van der Waals surface area (Å²) in [5.74, 6) is 0.110. The molecule has 196 valence electrons. The molecule has 1 aliphatic rings. The van der Waals surface area contributed by atoms with Gasteiger partial charge in [0.2, 0.25) is 28.6 Å². The van der Waals surface area contributed by atoms with Crippen molar-refractivity contribution in [1.82, 2.24) is 10.2 Å². The largest absolute Gasteiger partial charge is 0.454 e. The van der Waals surface area contributed by atoms with Crippen LogP contribution in [0.25, 0.3) is 0 Å². The average Bonchev–Trinajstić information content (AvgIpc) is 3.31. The molecule has 11 heteroatoms. The van der Waals surface area contributed by atoms with E-state index in [2.05, 4.69) is 5.32 Å². The molecule has 3 rings (SSSR count). The number of benzene rings is 2. The van der Waals surface area contributed by atoms with Gasteiger partial charge in [0.05, 0.1) is 11.9 Å². The highest BCUT2D eigenvalue weighted by Crippen LogP contribution is 2.36. The van der Waals surface area contributed by atoms with Gasteiger partial charge in [-0.1, -0.05) is 44.0 Å². The normalized spacial score (nSPS) is 13.2. The lowest BCUT2D eigenvalue weighted by Crippen LogP contribution is -2.52. The summed E-state index contributed by atoms with van der Waals surface area (Å²) in [7, 11) is -3.84. The Kier molecular flexibility index (Phi) is 9.44. The molecule has 0 unspecified atom stereocenters. The Morgan fingerprint density at radius 2 is 1.78 bits per heavy atom. The molecule has 2 amide bonds. The van der Waals surface area contributed by atoms with Crippen molar-refractivity contribution in [3.8, 4) is 11.5 Å². The van der Waals surface area contributed by atoms with Crippen LogP contribution in [0.15, 0.2) is 42.5 Å². The molecular formula is C25H32ClN3O6S. The van der Waals surface area contributed by atoms with Gasteiger partial charge in [0.1, 0.15) is 12.6 Å². The highest BCUT2D eigenvalue weighted by Gasteiger charge is 2.32. The summed E-state index contributed by atoms with van der Waals surface area (Å²) in [6.45, 7) is 4.02. The van der Waals surface area contributed by atoms with Crippen molar-refractivity contribution in [1.29, 1.82) is 0 Å². The van der Waals surface area contributed by atoms with E-state index in [4.69, 9.17) is 21.1 Å². The maximum atomic E-state index is 13.7. The Hall–Kier alpha value is -2.98. The zero-order valence-electron chi connectivity index (χ0n) is 20.7. The van der Waals surface area contributed by atoms with Crippen LogP contribution in [-0.2, 0) is 26.2 Å². The van der Waals surface area contributed by atoms with E-state index in [1.54, 1.807) is 36.4 Å². The number of unbranched alkanes of at least 4 members (excludes halogenated alkanes) is 1. The third-order valence-corrected chi connectivity index (χ3v) is 7.20. The van der Waals surface area contributed by atoms with Crippen molar-refractivity contribution in [2.24, 2.45) is 0 Å². The predicted molar refractivity (Wildman–Crippen MR) is 139 cm³/mol. The molecule has 1 aliphatic heterocycles. The summed E-state index contributed by atoms with van der Waals surface area (Å²) < 4.78 is 37.1. The monoisotopic (exact) mass is 537 g/mol. The number of anilines is 1. The zero-order valence-corrected chi connectivity index (χ0v) is 22.3. The first-order chi connectivity index (χ1) is 17.1. The lowest BCUT2D eigenvalue weighted by molar-refractivity contribution is -0.140. The number of carbonyl (C=O) groups excluding carboxylic acids is 2. The van der Waals surface area contributed by atoms with Crippen LogP contribution < -0.4 is 19.1 Å². The highest BCUT2D eigenvalue weighted by atomic mass is 35.5. The standard InChI is InChI=1S/C25H32ClN3O6S/c1-4-6-13-27-25(31)21(5-2)28(15-18-7-9-19(26)10-8-18)24(30)16-29(36(3,32)33)20-11-12-22-23(14-20)35-17-34-22/h7-12,14,21H,4-6,13,15-17H2,1-3H3,(H,27,31)/t21-/m0/s1. The van der Waals surface area contributed by atoms with Crippen LogP contribution in [0.4, 0.5) is 5.69 Å². The van der Waals surface area contributed by atoms with Gasteiger partial charge in [-0.05, 0) is 42.7 Å². The fourth-order valence-corrected chi connectivity index (χ4v) is 4.83. The lowest BCUT2D eigenvalue weighted by atomic mass is 10.1. The summed E-state index contributed by atoms with van der Waals surface area (Å²) in [4.78, 5) is 28.1. The molecule has 0 saturated heterocycles. The summed E-state index contributed by atoms with van der Waals surface area (Å²) in [5, 5.41) is 3.44. The van der Waals surface area contributed by atoms with E-state index < -0.39 is 28.5 Å². The summed E-state index contributed by atoms with van der Waals surface area (Å²) >= 11 is 6.01. The van der Waals surface area contributed by atoms with Gasteiger partial charge in [-0.3, -0.25) is 13.9 Å². The maximum absolute atomic E-state index is 13.7. The second-order valence-corrected chi connectivity index (χ2v) is 10.9. The van der Waals surface area contributed by atoms with E-state index in [1.807, 2.05) is 13.8 Å². The quantitative estimate of drug-likeness (QED) is 0.415. The molecule has 2 aromatic rings. The Labute approximate surface area is 217 Å². The van der Waals surface area contributed by atoms with Crippen molar-refractivity contribution in [3.63, 3.8) is 0 Å². The first-order valence-electron chi connectivity index (χ1n) is 11.8. The topological polar surface area (TPSA) is 105 Å². The molecule has 0 radical (unpaired) electrons. The fourth-order valence-electron chi connectivity index (χ4n) is 3.87. The molecule has 2 aromatic carbocycles. The Morgan fingerprint density at radius 1 is 1.08 bits per heavy atom. The van der Waals surface area contributed by atoms with E-state index in [-0.39, 0.29) is 24.9 Å². The molecule has 0 aliphatic carbocycles. The van der Waals surface area contributed by atoms with Crippen molar-refractivity contribution >= 4 is 39.1 Å². The summed E-state index contributed by atoms with van der Waals surface area (Å²) in [5.41, 5.74) is 1.03. The first-order valence-corrected chi connectivity index (χ1v) is 14.1. The number of nitrogens with one attached hydrogen (secondary N) is 1. The minimum atomic E-state index is -3.84. The third kappa shape index (κ3) is 7.04. The SMILES string of the molecule is CCCCNC(=O)[C@H](CC)N(Cc1ccc(Cl)cc1)C(=O)CN(c1ccc2c(c1)OCO2)S(C)(=O)=O. The van der Waals surface area contributed by atoms with Crippen LogP contribution in [0, 0.1) is 0 Å². The average molecular weight is 538 g/mol. The number of ether oxygens (including phenoxy) is 2. The number of rotatable bonds is 12. The number of amides is 2. The lowest BCUT2D eigenvalue weighted by Gasteiger charge is -2.33. The van der Waals surface area contributed by atoms with E-state index in [1.165, 1.54) is 11.0 Å². The Bertz CT molecular complexity index is 1170. The Balaban J connectivity index is 1.91. The molecule has 0 aromatic heterocycles. The molecular weight excluding hydrogens is 506 g/mol. The second-order valence-electron chi connectivity index (χ2n) is 8.52. The van der Waals surface area contributed by atoms with Gasteiger partial charge in [0.25, 0.3) is 0 Å². The van der Waals surface area contributed by atoms with Crippen LogP contribution >= 0.6 is 11.6 Å². The van der Waals surface area contributed by atoms with E-state index in [0.29, 0.717) is 29.5 Å². The van der Waals surface area contributed by atoms with Crippen molar-refractivity contribution in [3.05, 3.63) is 53.1 Å². The van der Waals surface area contributed by atoms with Gasteiger partial charge in [-0.2, -0.15) is 0 Å². The van der Waals surface area contributed by atoms with E-state index >= 15 is 0 Å². The summed E-state index contributed by atoms with van der Waals surface area (Å²) in [6, 6.07) is 10.9. The molecule has 1 N–H and O–H groups in total. The van der Waals surface area contributed by atoms with E-state index in [0.717, 1.165) is 29.0 Å². The third-order valence-electron chi connectivity index (χ3n) is 5.80. The van der Waals surface area contributed by atoms with Gasteiger partial charge < -0.3 is 19.7 Å². The number of nitrogens with zero attached hydrogens (tertiary/aromatic N) is 2. The van der Waals surface area contributed by atoms with E-state index in [9.17, 15) is 18.0 Å². The predicted octanol–water partition coefficient (Wildman–Crippen LogP) is 3.56.